The second kappa shape index (κ2) is 5.24. The standard InChI is InChI=1S/C12H20N2O4/c1-12(18-6-11(16)17)7-14(8-12)9-3-2-4-13-10(15)5-9/h9H,2-8H2,1H3,(H,13,15)(H,16,17). The van der Waals surface area contributed by atoms with E-state index in [4.69, 9.17) is 9.84 Å². The van der Waals surface area contributed by atoms with Crippen LogP contribution in [0.4, 0.5) is 0 Å². The maximum absolute atomic E-state index is 11.5. The van der Waals surface area contributed by atoms with Crippen LogP contribution in [0, 0.1) is 0 Å². The number of carboxylic acid groups (broad SMARTS) is 1. The van der Waals surface area contributed by atoms with E-state index >= 15 is 0 Å². The van der Waals surface area contributed by atoms with Crippen molar-refractivity contribution in [3.05, 3.63) is 0 Å². The molecule has 18 heavy (non-hydrogen) atoms. The molecule has 6 nitrogen and oxygen atoms in total. The van der Waals surface area contributed by atoms with E-state index in [9.17, 15) is 9.59 Å². The Morgan fingerprint density at radius 2 is 2.33 bits per heavy atom. The molecular weight excluding hydrogens is 236 g/mol. The Morgan fingerprint density at radius 3 is 3.00 bits per heavy atom. The summed E-state index contributed by atoms with van der Waals surface area (Å²) < 4.78 is 5.36. The van der Waals surface area contributed by atoms with Gasteiger partial charge < -0.3 is 15.2 Å². The summed E-state index contributed by atoms with van der Waals surface area (Å²) in [5, 5.41) is 11.5. The van der Waals surface area contributed by atoms with Crippen LogP contribution in [-0.2, 0) is 14.3 Å². The van der Waals surface area contributed by atoms with Gasteiger partial charge in [0.2, 0.25) is 5.91 Å². The van der Waals surface area contributed by atoms with Crippen molar-refractivity contribution < 1.29 is 19.4 Å². The summed E-state index contributed by atoms with van der Waals surface area (Å²) in [5.74, 6) is -0.832. The Labute approximate surface area is 106 Å². The zero-order valence-electron chi connectivity index (χ0n) is 10.6. The third kappa shape index (κ3) is 3.20. The first kappa shape index (κ1) is 13.3. The lowest BCUT2D eigenvalue weighted by Gasteiger charge is -2.50. The fourth-order valence-corrected chi connectivity index (χ4v) is 2.66. The van der Waals surface area contributed by atoms with Gasteiger partial charge in [0.15, 0.2) is 0 Å². The molecule has 1 amide bonds. The van der Waals surface area contributed by atoms with Gasteiger partial charge in [-0.3, -0.25) is 9.69 Å². The van der Waals surface area contributed by atoms with Crippen LogP contribution in [0.3, 0.4) is 0 Å². The summed E-state index contributed by atoms with van der Waals surface area (Å²) in [4.78, 5) is 24.1. The minimum Gasteiger partial charge on any atom is -0.480 e. The van der Waals surface area contributed by atoms with Crippen molar-refractivity contribution in [3.63, 3.8) is 0 Å². The first-order valence-corrected chi connectivity index (χ1v) is 6.35. The van der Waals surface area contributed by atoms with Crippen molar-refractivity contribution in [3.8, 4) is 0 Å². The van der Waals surface area contributed by atoms with Crippen LogP contribution in [0.2, 0.25) is 0 Å². The molecule has 0 aromatic carbocycles. The summed E-state index contributed by atoms with van der Waals surface area (Å²) in [6.07, 6.45) is 2.54. The fraction of sp³-hybridized carbons (Fsp3) is 0.833. The second-order valence-corrected chi connectivity index (χ2v) is 5.39. The van der Waals surface area contributed by atoms with Crippen molar-refractivity contribution in [2.24, 2.45) is 0 Å². The molecule has 0 radical (unpaired) electrons. The van der Waals surface area contributed by atoms with Crippen molar-refractivity contribution in [1.82, 2.24) is 10.2 Å². The molecular formula is C12H20N2O4. The van der Waals surface area contributed by atoms with E-state index in [2.05, 4.69) is 10.2 Å². The Kier molecular flexibility index (Phi) is 3.87. The molecule has 102 valence electrons. The molecule has 2 heterocycles. The zero-order chi connectivity index (χ0) is 13.2. The quantitative estimate of drug-likeness (QED) is 0.730. The molecule has 2 saturated heterocycles. The number of carbonyl (C=O) groups is 2. The molecule has 0 aliphatic carbocycles. The number of carbonyl (C=O) groups excluding carboxylic acids is 1. The highest BCUT2D eigenvalue weighted by Gasteiger charge is 2.43. The van der Waals surface area contributed by atoms with Crippen LogP contribution in [-0.4, -0.2) is 59.8 Å². The van der Waals surface area contributed by atoms with E-state index in [1.54, 1.807) is 0 Å². The molecule has 2 rings (SSSR count). The molecule has 1 unspecified atom stereocenters. The highest BCUT2D eigenvalue weighted by atomic mass is 16.5. The summed E-state index contributed by atoms with van der Waals surface area (Å²) in [5.41, 5.74) is -0.374. The van der Waals surface area contributed by atoms with E-state index in [0.29, 0.717) is 19.5 Å². The average Bonchev–Trinajstić information content (AvgIpc) is 2.47. The van der Waals surface area contributed by atoms with Gasteiger partial charge in [-0.15, -0.1) is 0 Å². The van der Waals surface area contributed by atoms with Gasteiger partial charge in [-0.05, 0) is 19.8 Å². The molecule has 0 aromatic rings. The molecule has 0 saturated carbocycles. The van der Waals surface area contributed by atoms with Crippen LogP contribution < -0.4 is 5.32 Å². The van der Waals surface area contributed by atoms with Gasteiger partial charge in [-0.25, -0.2) is 4.79 Å². The molecule has 2 aliphatic heterocycles. The molecule has 2 fully saturated rings. The fourth-order valence-electron chi connectivity index (χ4n) is 2.66. The van der Waals surface area contributed by atoms with Gasteiger partial charge in [0.05, 0.1) is 5.60 Å². The number of hydrogen-bond donors (Lipinski definition) is 2. The van der Waals surface area contributed by atoms with Crippen LogP contribution >= 0.6 is 0 Å². The first-order chi connectivity index (χ1) is 8.48. The molecule has 2 N–H and O–H groups in total. The van der Waals surface area contributed by atoms with Gasteiger partial charge in [0.25, 0.3) is 0 Å². The molecule has 0 aromatic heterocycles. The number of nitrogens with one attached hydrogen (secondary N) is 1. The number of hydrogen-bond acceptors (Lipinski definition) is 4. The van der Waals surface area contributed by atoms with Gasteiger partial charge >= 0.3 is 5.97 Å². The number of rotatable bonds is 4. The Balaban J connectivity index is 1.80. The van der Waals surface area contributed by atoms with E-state index < -0.39 is 5.97 Å². The Hall–Kier alpha value is -1.14. The lowest BCUT2D eigenvalue weighted by Crippen LogP contribution is -2.64. The highest BCUT2D eigenvalue weighted by Crippen LogP contribution is 2.29. The van der Waals surface area contributed by atoms with Crippen LogP contribution in [0.1, 0.15) is 26.2 Å². The third-order valence-corrected chi connectivity index (χ3v) is 3.59. The highest BCUT2D eigenvalue weighted by molar-refractivity contribution is 5.76. The lowest BCUT2D eigenvalue weighted by atomic mass is 9.91. The molecule has 6 heteroatoms. The maximum atomic E-state index is 11.5. The summed E-state index contributed by atoms with van der Waals surface area (Å²) in [7, 11) is 0. The first-order valence-electron chi connectivity index (χ1n) is 6.35. The molecule has 2 aliphatic rings. The van der Waals surface area contributed by atoms with E-state index in [1.807, 2.05) is 6.92 Å². The maximum Gasteiger partial charge on any atom is 0.329 e. The van der Waals surface area contributed by atoms with Gasteiger partial charge in [-0.1, -0.05) is 0 Å². The second-order valence-electron chi connectivity index (χ2n) is 5.39. The topological polar surface area (TPSA) is 78.9 Å². The predicted molar refractivity (Wildman–Crippen MR) is 64.2 cm³/mol. The van der Waals surface area contributed by atoms with Crippen molar-refractivity contribution >= 4 is 11.9 Å². The lowest BCUT2D eigenvalue weighted by molar-refractivity contribution is -0.170. The minimum absolute atomic E-state index is 0.109. The SMILES string of the molecule is CC1(OCC(=O)O)CN(C2CCCNC(=O)C2)C1. The van der Waals surface area contributed by atoms with E-state index in [0.717, 1.165) is 19.4 Å². The third-order valence-electron chi connectivity index (χ3n) is 3.59. The summed E-state index contributed by atoms with van der Waals surface area (Å²) in [6.45, 7) is 3.84. The molecule has 0 bridgehead atoms. The van der Waals surface area contributed by atoms with Crippen molar-refractivity contribution in [2.75, 3.05) is 26.2 Å². The summed E-state index contributed by atoms with van der Waals surface area (Å²) in [6, 6.07) is 0.272. The number of amides is 1. The summed E-state index contributed by atoms with van der Waals surface area (Å²) >= 11 is 0. The Morgan fingerprint density at radius 1 is 1.61 bits per heavy atom. The zero-order valence-corrected chi connectivity index (χ0v) is 10.6. The van der Waals surface area contributed by atoms with Crippen LogP contribution in [0.5, 0.6) is 0 Å². The minimum atomic E-state index is -0.941. The smallest absolute Gasteiger partial charge is 0.329 e. The van der Waals surface area contributed by atoms with E-state index in [-0.39, 0.29) is 24.2 Å². The number of ether oxygens (including phenoxy) is 1. The van der Waals surface area contributed by atoms with Crippen molar-refractivity contribution in [2.45, 2.75) is 37.8 Å². The molecule has 1 atom stereocenters. The predicted octanol–water partition coefficient (Wildman–Crippen LogP) is -0.169. The van der Waals surface area contributed by atoms with Gasteiger partial charge in [0, 0.05) is 32.1 Å². The monoisotopic (exact) mass is 256 g/mol. The van der Waals surface area contributed by atoms with Gasteiger partial charge in [-0.2, -0.15) is 0 Å². The average molecular weight is 256 g/mol. The normalized spacial score (nSPS) is 28.1. The number of aliphatic carboxylic acids is 1. The van der Waals surface area contributed by atoms with Crippen LogP contribution in [0.15, 0.2) is 0 Å². The van der Waals surface area contributed by atoms with Crippen LogP contribution in [0.25, 0.3) is 0 Å². The largest absolute Gasteiger partial charge is 0.480 e. The number of carboxylic acids is 1. The van der Waals surface area contributed by atoms with E-state index in [1.165, 1.54) is 0 Å². The van der Waals surface area contributed by atoms with Crippen molar-refractivity contribution in [1.29, 1.82) is 0 Å². The molecule has 0 spiro atoms. The van der Waals surface area contributed by atoms with Gasteiger partial charge in [0.1, 0.15) is 6.61 Å². The number of nitrogens with zero attached hydrogens (tertiary/aromatic N) is 1. The number of likely N-dealkylation sites (tertiary alicyclic amines) is 1. The Bertz CT molecular complexity index is 339.